The quantitative estimate of drug-likeness (QED) is 0.826. The minimum atomic E-state index is 0.290. The van der Waals surface area contributed by atoms with Gasteiger partial charge in [-0.3, -0.25) is 0 Å². The maximum absolute atomic E-state index is 5.33. The van der Waals surface area contributed by atoms with Crippen molar-refractivity contribution in [1.29, 1.82) is 0 Å². The molecule has 1 aromatic carbocycles. The van der Waals surface area contributed by atoms with E-state index in [2.05, 4.69) is 42.2 Å². The van der Waals surface area contributed by atoms with Gasteiger partial charge in [0.2, 0.25) is 0 Å². The molecule has 17 heavy (non-hydrogen) atoms. The lowest BCUT2D eigenvalue weighted by molar-refractivity contribution is 0.409. The SMILES string of the molecule is COc1ccc2c(c1)CC1(CC2)NCC(C)S1. The third kappa shape index (κ3) is 2.06. The van der Waals surface area contributed by atoms with Gasteiger partial charge in [0.05, 0.1) is 12.0 Å². The molecule has 2 atom stereocenters. The van der Waals surface area contributed by atoms with Gasteiger partial charge >= 0.3 is 0 Å². The van der Waals surface area contributed by atoms with Crippen molar-refractivity contribution in [3.05, 3.63) is 29.3 Å². The number of ether oxygens (including phenoxy) is 1. The summed E-state index contributed by atoms with van der Waals surface area (Å²) in [5, 5.41) is 4.46. The molecule has 0 radical (unpaired) electrons. The van der Waals surface area contributed by atoms with E-state index in [0.717, 1.165) is 24.0 Å². The summed E-state index contributed by atoms with van der Waals surface area (Å²) in [6.07, 6.45) is 3.57. The van der Waals surface area contributed by atoms with Gasteiger partial charge in [-0.2, -0.15) is 0 Å². The molecule has 1 spiro atoms. The summed E-state index contributed by atoms with van der Waals surface area (Å²) in [4.78, 5) is 0.290. The van der Waals surface area contributed by atoms with Crippen molar-refractivity contribution in [2.45, 2.75) is 36.3 Å². The van der Waals surface area contributed by atoms with Gasteiger partial charge in [-0.15, -0.1) is 11.8 Å². The zero-order chi connectivity index (χ0) is 11.9. The van der Waals surface area contributed by atoms with Crippen LogP contribution in [0.2, 0.25) is 0 Å². The molecule has 0 bridgehead atoms. The largest absolute Gasteiger partial charge is 0.497 e. The summed E-state index contributed by atoms with van der Waals surface area (Å²) in [7, 11) is 1.74. The fourth-order valence-corrected chi connectivity index (χ4v) is 4.48. The third-order valence-electron chi connectivity index (χ3n) is 3.83. The molecule has 1 aliphatic heterocycles. The van der Waals surface area contributed by atoms with Crippen LogP contribution in [0.4, 0.5) is 0 Å². The van der Waals surface area contributed by atoms with Gasteiger partial charge in [-0.05, 0) is 36.1 Å². The number of aryl methyl sites for hydroxylation is 1. The van der Waals surface area contributed by atoms with Crippen molar-refractivity contribution in [2.24, 2.45) is 0 Å². The van der Waals surface area contributed by atoms with E-state index in [-0.39, 0.29) is 0 Å². The second-order valence-electron chi connectivity index (χ2n) is 5.12. The van der Waals surface area contributed by atoms with E-state index in [4.69, 9.17) is 4.74 Å². The van der Waals surface area contributed by atoms with E-state index in [1.165, 1.54) is 24.0 Å². The summed E-state index contributed by atoms with van der Waals surface area (Å²) < 4.78 is 5.33. The summed E-state index contributed by atoms with van der Waals surface area (Å²) >= 11 is 2.11. The Hall–Kier alpha value is -0.670. The second-order valence-corrected chi connectivity index (χ2v) is 6.94. The van der Waals surface area contributed by atoms with Crippen LogP contribution in [0.25, 0.3) is 0 Å². The summed E-state index contributed by atoms with van der Waals surface area (Å²) in [6, 6.07) is 6.51. The third-order valence-corrected chi connectivity index (χ3v) is 5.34. The number of fused-ring (bicyclic) bond motifs is 1. The molecule has 1 fully saturated rings. The van der Waals surface area contributed by atoms with Crippen LogP contribution in [0.1, 0.15) is 24.5 Å². The van der Waals surface area contributed by atoms with Gasteiger partial charge in [0.25, 0.3) is 0 Å². The predicted octanol–water partition coefficient (Wildman–Crippen LogP) is 2.61. The zero-order valence-corrected chi connectivity index (χ0v) is 11.3. The highest BCUT2D eigenvalue weighted by Gasteiger charge is 2.40. The Labute approximate surface area is 107 Å². The fraction of sp³-hybridized carbons (Fsp3) is 0.571. The molecule has 1 heterocycles. The summed E-state index contributed by atoms with van der Waals surface area (Å²) in [5.74, 6) is 0.983. The Balaban J connectivity index is 1.88. The van der Waals surface area contributed by atoms with Gasteiger partial charge in [-0.25, -0.2) is 0 Å². The van der Waals surface area contributed by atoms with Gasteiger partial charge in [-0.1, -0.05) is 13.0 Å². The van der Waals surface area contributed by atoms with Crippen LogP contribution >= 0.6 is 11.8 Å². The lowest BCUT2D eigenvalue weighted by Gasteiger charge is -2.34. The fourth-order valence-electron chi connectivity index (χ4n) is 2.92. The average molecular weight is 249 g/mol. The number of nitrogens with one attached hydrogen (secondary N) is 1. The minimum Gasteiger partial charge on any atom is -0.497 e. The Morgan fingerprint density at radius 2 is 2.29 bits per heavy atom. The molecule has 2 nitrogen and oxygen atoms in total. The highest BCUT2D eigenvalue weighted by molar-refractivity contribution is 8.01. The number of hydrogen-bond acceptors (Lipinski definition) is 3. The van der Waals surface area contributed by atoms with Crippen molar-refractivity contribution in [1.82, 2.24) is 5.32 Å². The highest BCUT2D eigenvalue weighted by Crippen LogP contribution is 2.43. The Kier molecular flexibility index (Phi) is 2.83. The van der Waals surface area contributed by atoms with E-state index < -0.39 is 0 Å². The molecular formula is C14H19NOS. The molecule has 0 aromatic heterocycles. The average Bonchev–Trinajstić information content (AvgIpc) is 2.69. The molecular weight excluding hydrogens is 230 g/mol. The van der Waals surface area contributed by atoms with Gasteiger partial charge in [0, 0.05) is 18.2 Å². The second kappa shape index (κ2) is 4.21. The monoisotopic (exact) mass is 249 g/mol. The van der Waals surface area contributed by atoms with Gasteiger partial charge in [0.15, 0.2) is 0 Å². The van der Waals surface area contributed by atoms with Crippen LogP contribution in [-0.2, 0) is 12.8 Å². The van der Waals surface area contributed by atoms with Crippen molar-refractivity contribution in [3.63, 3.8) is 0 Å². The maximum Gasteiger partial charge on any atom is 0.119 e. The van der Waals surface area contributed by atoms with Crippen molar-refractivity contribution < 1.29 is 4.74 Å². The number of rotatable bonds is 1. The molecule has 1 aliphatic carbocycles. The van der Waals surface area contributed by atoms with E-state index in [9.17, 15) is 0 Å². The maximum atomic E-state index is 5.33. The molecule has 2 aliphatic rings. The molecule has 92 valence electrons. The number of hydrogen-bond donors (Lipinski definition) is 1. The van der Waals surface area contributed by atoms with Crippen molar-refractivity contribution in [2.75, 3.05) is 13.7 Å². The van der Waals surface area contributed by atoms with Crippen LogP contribution in [0.15, 0.2) is 18.2 Å². The highest BCUT2D eigenvalue weighted by atomic mass is 32.2. The summed E-state index contributed by atoms with van der Waals surface area (Å²) in [5.41, 5.74) is 2.96. The van der Waals surface area contributed by atoms with Gasteiger partial charge < -0.3 is 10.1 Å². The molecule has 2 unspecified atom stereocenters. The van der Waals surface area contributed by atoms with Gasteiger partial charge in [0.1, 0.15) is 5.75 Å². The molecule has 3 rings (SSSR count). The van der Waals surface area contributed by atoms with E-state index in [1.54, 1.807) is 7.11 Å². The Morgan fingerprint density at radius 3 is 3.00 bits per heavy atom. The molecule has 1 saturated heterocycles. The van der Waals surface area contributed by atoms with E-state index in [0.29, 0.717) is 4.87 Å². The van der Waals surface area contributed by atoms with E-state index >= 15 is 0 Å². The first kappa shape index (κ1) is 11.4. The molecule has 1 aromatic rings. The lowest BCUT2D eigenvalue weighted by atomic mass is 9.87. The normalized spacial score (nSPS) is 31.5. The smallest absolute Gasteiger partial charge is 0.119 e. The minimum absolute atomic E-state index is 0.290. The molecule has 1 N–H and O–H groups in total. The first-order chi connectivity index (χ1) is 8.21. The van der Waals surface area contributed by atoms with Crippen LogP contribution in [0.5, 0.6) is 5.75 Å². The molecule has 3 heteroatoms. The first-order valence-corrected chi connectivity index (χ1v) is 7.17. The lowest BCUT2D eigenvalue weighted by Crippen LogP contribution is -2.42. The van der Waals surface area contributed by atoms with Crippen molar-refractivity contribution >= 4 is 11.8 Å². The van der Waals surface area contributed by atoms with Crippen LogP contribution in [0.3, 0.4) is 0 Å². The topological polar surface area (TPSA) is 21.3 Å². The van der Waals surface area contributed by atoms with Crippen molar-refractivity contribution in [3.8, 4) is 5.75 Å². The first-order valence-electron chi connectivity index (χ1n) is 6.29. The predicted molar refractivity (Wildman–Crippen MR) is 72.8 cm³/mol. The van der Waals surface area contributed by atoms with E-state index in [1.807, 2.05) is 0 Å². The standard InChI is InChI=1S/C14H19NOS/c1-10-9-15-14(17-10)6-5-11-3-4-13(16-2)7-12(11)8-14/h3-4,7,10,15H,5-6,8-9H2,1-2H3. The van der Waals surface area contributed by atoms with Crippen LogP contribution in [0, 0.1) is 0 Å². The Morgan fingerprint density at radius 1 is 1.41 bits per heavy atom. The molecule has 0 saturated carbocycles. The van der Waals surface area contributed by atoms with Crippen LogP contribution < -0.4 is 10.1 Å². The molecule has 0 amide bonds. The number of benzene rings is 1. The number of methoxy groups -OCH3 is 1. The number of thioether (sulfide) groups is 1. The summed E-state index contributed by atoms with van der Waals surface area (Å²) in [6.45, 7) is 3.46. The Bertz CT molecular complexity index is 434. The van der Waals surface area contributed by atoms with Crippen LogP contribution in [-0.4, -0.2) is 23.8 Å². The zero-order valence-electron chi connectivity index (χ0n) is 10.5.